The number of hydrogen-bond acceptors (Lipinski definition) is 1. The maximum Gasteiger partial charge on any atom is 0.0689 e. The largest absolute Gasteiger partial charge is 0.198 e. The highest BCUT2D eigenvalue weighted by molar-refractivity contribution is 5.06. The van der Waals surface area contributed by atoms with Gasteiger partial charge in [0.2, 0.25) is 0 Å². The molecule has 3 saturated carbocycles. The van der Waals surface area contributed by atoms with Crippen LogP contribution in [0.4, 0.5) is 0 Å². The highest BCUT2D eigenvalue weighted by Gasteiger charge is 2.48. The van der Waals surface area contributed by atoms with Crippen molar-refractivity contribution in [2.24, 2.45) is 35.0 Å². The quantitative estimate of drug-likeness (QED) is 0.345. The second kappa shape index (κ2) is 11.0. The highest BCUT2D eigenvalue weighted by atomic mass is 14.5. The van der Waals surface area contributed by atoms with Gasteiger partial charge in [-0.2, -0.15) is 5.26 Å². The molecule has 3 fully saturated rings. The van der Waals surface area contributed by atoms with Crippen molar-refractivity contribution in [2.45, 2.75) is 129 Å². The van der Waals surface area contributed by atoms with Crippen LogP contribution in [0.2, 0.25) is 0 Å². The summed E-state index contributed by atoms with van der Waals surface area (Å²) in [6, 6.07) is 2.85. The van der Waals surface area contributed by atoms with Gasteiger partial charge in [-0.15, -0.1) is 0 Å². The van der Waals surface area contributed by atoms with Gasteiger partial charge in [0.05, 0.1) is 11.5 Å². The van der Waals surface area contributed by atoms with Crippen LogP contribution < -0.4 is 0 Å². The molecule has 0 spiro atoms. The van der Waals surface area contributed by atoms with Crippen LogP contribution in [0.25, 0.3) is 0 Å². The number of fused-ring (bicyclic) bond motifs is 3. The minimum atomic E-state index is 0.0393. The van der Waals surface area contributed by atoms with Crippen molar-refractivity contribution in [3.05, 3.63) is 0 Å². The minimum absolute atomic E-state index is 0.0393. The Hall–Kier alpha value is -0.510. The van der Waals surface area contributed by atoms with Crippen molar-refractivity contribution < 1.29 is 0 Å². The molecule has 3 aliphatic carbocycles. The fraction of sp³-hybridized carbons (Fsp3) is 0.963. The topological polar surface area (TPSA) is 23.8 Å². The van der Waals surface area contributed by atoms with Crippen LogP contribution in [-0.2, 0) is 0 Å². The molecule has 0 amide bonds. The molecule has 0 aliphatic heterocycles. The van der Waals surface area contributed by atoms with Crippen LogP contribution in [0, 0.1) is 46.3 Å². The molecule has 0 N–H and O–H groups in total. The van der Waals surface area contributed by atoms with E-state index in [9.17, 15) is 5.26 Å². The zero-order chi connectivity index (χ0) is 19.8. The van der Waals surface area contributed by atoms with Gasteiger partial charge in [-0.05, 0) is 81.0 Å². The number of hydrogen-bond donors (Lipinski definition) is 0. The molecule has 3 rings (SSSR count). The molecule has 0 saturated heterocycles. The molecular formula is C27H47N. The number of nitrogens with zero attached hydrogens (tertiary/aromatic N) is 1. The van der Waals surface area contributed by atoms with Crippen LogP contribution in [-0.4, -0.2) is 0 Å². The lowest BCUT2D eigenvalue weighted by atomic mass is 9.52. The third-order valence-corrected chi connectivity index (χ3v) is 9.03. The molecule has 0 radical (unpaired) electrons. The average Bonchev–Trinajstić information content (AvgIpc) is 2.73. The second-order valence-corrected chi connectivity index (χ2v) is 10.9. The van der Waals surface area contributed by atoms with E-state index in [2.05, 4.69) is 19.9 Å². The molecule has 1 heteroatoms. The normalized spacial score (nSPS) is 37.7. The van der Waals surface area contributed by atoms with E-state index in [0.717, 1.165) is 29.6 Å². The van der Waals surface area contributed by atoms with E-state index in [1.807, 2.05) is 0 Å². The van der Waals surface area contributed by atoms with Crippen LogP contribution in [0.15, 0.2) is 0 Å². The molecule has 0 aromatic rings. The number of unbranched alkanes of at least 4 members (excludes halogenated alkanes) is 6. The van der Waals surface area contributed by atoms with Gasteiger partial charge in [-0.25, -0.2) is 0 Å². The van der Waals surface area contributed by atoms with Gasteiger partial charge in [0, 0.05) is 0 Å². The molecule has 0 aromatic heterocycles. The lowest BCUT2D eigenvalue weighted by molar-refractivity contribution is -0.0181. The summed E-state index contributed by atoms with van der Waals surface area (Å²) in [5.74, 6) is 4.93. The van der Waals surface area contributed by atoms with Gasteiger partial charge in [0.25, 0.3) is 0 Å². The van der Waals surface area contributed by atoms with E-state index in [1.165, 1.54) is 109 Å². The lowest BCUT2D eigenvalue weighted by Crippen LogP contribution is -2.44. The Kier molecular flexibility index (Phi) is 8.74. The molecule has 3 aliphatic rings. The molecule has 4 unspecified atom stereocenters. The Bertz CT molecular complexity index is 491. The maximum atomic E-state index is 10.1. The zero-order valence-corrected chi connectivity index (χ0v) is 19.1. The molecule has 0 aromatic carbocycles. The third kappa shape index (κ3) is 5.55. The predicted molar refractivity (Wildman–Crippen MR) is 120 cm³/mol. The summed E-state index contributed by atoms with van der Waals surface area (Å²) < 4.78 is 0. The highest BCUT2D eigenvalue weighted by Crippen LogP contribution is 2.57. The summed E-state index contributed by atoms with van der Waals surface area (Å²) >= 11 is 0. The molecule has 0 bridgehead atoms. The Morgan fingerprint density at radius 3 is 2.29 bits per heavy atom. The first-order valence-corrected chi connectivity index (χ1v) is 13.1. The Balaban J connectivity index is 1.49. The Morgan fingerprint density at radius 1 is 0.786 bits per heavy atom. The van der Waals surface area contributed by atoms with Crippen molar-refractivity contribution in [2.75, 3.05) is 0 Å². The molecule has 0 heterocycles. The van der Waals surface area contributed by atoms with E-state index in [4.69, 9.17) is 0 Å². The van der Waals surface area contributed by atoms with E-state index >= 15 is 0 Å². The van der Waals surface area contributed by atoms with E-state index in [0.29, 0.717) is 0 Å². The van der Waals surface area contributed by atoms with Gasteiger partial charge in [-0.3, -0.25) is 0 Å². The summed E-state index contributed by atoms with van der Waals surface area (Å²) in [7, 11) is 0. The Morgan fingerprint density at radius 2 is 1.50 bits per heavy atom. The van der Waals surface area contributed by atoms with Gasteiger partial charge < -0.3 is 0 Å². The average molecular weight is 386 g/mol. The monoisotopic (exact) mass is 385 g/mol. The third-order valence-electron chi connectivity index (χ3n) is 9.03. The first-order valence-electron chi connectivity index (χ1n) is 13.1. The maximum absolute atomic E-state index is 10.1. The SMILES string of the molecule is CCCCCCC[C@@]1(C#N)CCC2C(CCC3C[C@@H](CCCCC)CCC32)C1. The predicted octanol–water partition coefficient (Wildman–Crippen LogP) is 8.68. The van der Waals surface area contributed by atoms with Crippen molar-refractivity contribution in [3.63, 3.8) is 0 Å². The van der Waals surface area contributed by atoms with E-state index in [1.54, 1.807) is 6.42 Å². The summed E-state index contributed by atoms with van der Waals surface area (Å²) in [5, 5.41) is 10.1. The lowest BCUT2D eigenvalue weighted by Gasteiger charge is -2.52. The standard InChI is InChI=1S/C27H47N/c1-3-5-7-8-10-17-27(21-28)18-16-26-24(20-27)14-13-23-19-22(11-9-6-4-2)12-15-25(23)26/h22-26H,3-20H2,1-2H3/t22-,23?,24?,25?,26?,27+/m0/s1. The molecule has 28 heavy (non-hydrogen) atoms. The van der Waals surface area contributed by atoms with Gasteiger partial charge >= 0.3 is 0 Å². The first kappa shape index (κ1) is 22.2. The fourth-order valence-electron chi connectivity index (χ4n) is 7.42. The van der Waals surface area contributed by atoms with E-state index in [-0.39, 0.29) is 5.41 Å². The molecule has 1 nitrogen and oxygen atoms in total. The van der Waals surface area contributed by atoms with Crippen molar-refractivity contribution >= 4 is 0 Å². The van der Waals surface area contributed by atoms with Gasteiger partial charge in [-0.1, -0.05) is 78.1 Å². The van der Waals surface area contributed by atoms with Crippen molar-refractivity contribution in [3.8, 4) is 6.07 Å². The molecular weight excluding hydrogens is 338 g/mol. The van der Waals surface area contributed by atoms with Crippen LogP contribution in [0.3, 0.4) is 0 Å². The number of rotatable bonds is 10. The summed E-state index contributed by atoms with van der Waals surface area (Å²) in [4.78, 5) is 0. The first-order chi connectivity index (χ1) is 13.7. The van der Waals surface area contributed by atoms with Crippen LogP contribution in [0.1, 0.15) is 129 Å². The van der Waals surface area contributed by atoms with E-state index < -0.39 is 0 Å². The van der Waals surface area contributed by atoms with Crippen molar-refractivity contribution in [1.82, 2.24) is 0 Å². The van der Waals surface area contributed by atoms with Crippen LogP contribution in [0.5, 0.6) is 0 Å². The number of nitriles is 1. The van der Waals surface area contributed by atoms with Gasteiger partial charge in [0.15, 0.2) is 0 Å². The van der Waals surface area contributed by atoms with Crippen molar-refractivity contribution in [1.29, 1.82) is 5.26 Å². The fourth-order valence-corrected chi connectivity index (χ4v) is 7.42. The zero-order valence-electron chi connectivity index (χ0n) is 19.1. The minimum Gasteiger partial charge on any atom is -0.198 e. The summed E-state index contributed by atoms with van der Waals surface area (Å²) in [6.45, 7) is 4.61. The summed E-state index contributed by atoms with van der Waals surface area (Å²) in [5.41, 5.74) is 0.0393. The summed E-state index contributed by atoms with van der Waals surface area (Å²) in [6.07, 6.45) is 24.9. The smallest absolute Gasteiger partial charge is 0.0689 e. The Labute approximate surface area is 176 Å². The molecule has 160 valence electrons. The molecule has 6 atom stereocenters. The second-order valence-electron chi connectivity index (χ2n) is 10.9. The van der Waals surface area contributed by atoms with Gasteiger partial charge in [0.1, 0.15) is 0 Å². The van der Waals surface area contributed by atoms with Crippen LogP contribution >= 0.6 is 0 Å².